The van der Waals surface area contributed by atoms with Gasteiger partial charge in [0.15, 0.2) is 10.6 Å². The first-order valence-corrected chi connectivity index (χ1v) is 17.6. The molecule has 0 radical (unpaired) electrons. The number of nitrogens with one attached hydrogen (secondary N) is 1. The van der Waals surface area contributed by atoms with Crippen LogP contribution in [0.5, 0.6) is 0 Å². The summed E-state index contributed by atoms with van der Waals surface area (Å²) < 4.78 is 13.5. The quantitative estimate of drug-likeness (QED) is 0.117. The number of hydrogen-bond acceptors (Lipinski definition) is 7. The second-order valence-corrected chi connectivity index (χ2v) is 15.7. The van der Waals surface area contributed by atoms with E-state index in [-0.39, 0.29) is 31.3 Å². The van der Waals surface area contributed by atoms with Crippen molar-refractivity contribution in [2.75, 3.05) is 5.75 Å². The number of aliphatic hydroxyl groups is 1. The van der Waals surface area contributed by atoms with Gasteiger partial charge >= 0.3 is 0 Å². The first kappa shape index (κ1) is 33.2. The number of aliphatic hydroxyl groups excluding tert-OH is 1. The molecule has 1 aromatic heterocycles. The lowest BCUT2D eigenvalue weighted by molar-refractivity contribution is -0.268. The van der Waals surface area contributed by atoms with Crippen LogP contribution in [-0.4, -0.2) is 31.6 Å². The molecule has 11 heteroatoms. The molecule has 0 spiro atoms. The number of thioether (sulfide) groups is 1. The maximum atomic E-state index is 12.0. The maximum absolute atomic E-state index is 12.0. The molecule has 46 heavy (non-hydrogen) atoms. The topological polar surface area (TPSA) is 80.7 Å². The Bertz CT molecular complexity index is 1780. The molecule has 0 saturated carbocycles. The molecule has 1 aliphatic rings. The predicted molar refractivity (Wildman–Crippen MR) is 187 cm³/mol. The van der Waals surface area contributed by atoms with Crippen LogP contribution in [0.2, 0.25) is 0 Å². The summed E-state index contributed by atoms with van der Waals surface area (Å²) in [4.78, 5) is 16.9. The Morgan fingerprint density at radius 3 is 2.39 bits per heavy atom. The van der Waals surface area contributed by atoms with Crippen LogP contribution in [0.15, 0.2) is 101 Å². The van der Waals surface area contributed by atoms with Gasteiger partial charge in [-0.15, -0.1) is 11.3 Å². The molecule has 6 rings (SSSR count). The third kappa shape index (κ3) is 7.89. The predicted octanol–water partition coefficient (Wildman–Crippen LogP) is 9.03. The molecule has 0 bridgehead atoms. The minimum Gasteiger partial charge on any atom is -0.392 e. The lowest BCUT2D eigenvalue weighted by Crippen LogP contribution is -2.38. The van der Waals surface area contributed by atoms with E-state index in [0.717, 1.165) is 43.2 Å². The maximum Gasteiger partial charge on any atom is 0.272 e. The van der Waals surface area contributed by atoms with Crippen LogP contribution in [0.1, 0.15) is 41.6 Å². The smallest absolute Gasteiger partial charge is 0.272 e. The zero-order valence-corrected chi connectivity index (χ0v) is 28.6. The summed E-state index contributed by atoms with van der Waals surface area (Å²) in [5.41, 5.74) is 6.59. The van der Waals surface area contributed by atoms with Crippen LogP contribution in [-0.2, 0) is 27.4 Å². The number of nitrogens with zero attached hydrogens (tertiary/aromatic N) is 1. The number of aromatic nitrogens is 1. The van der Waals surface area contributed by atoms with Gasteiger partial charge in [0.2, 0.25) is 0 Å². The van der Waals surface area contributed by atoms with Crippen molar-refractivity contribution in [2.24, 2.45) is 5.92 Å². The largest absolute Gasteiger partial charge is 0.392 e. The highest BCUT2D eigenvalue weighted by Gasteiger charge is 2.38. The summed E-state index contributed by atoms with van der Waals surface area (Å²) in [6.07, 6.45) is -0.945. The van der Waals surface area contributed by atoms with Crippen LogP contribution in [0, 0.1) is 5.92 Å². The number of benzene rings is 4. The Morgan fingerprint density at radius 2 is 1.65 bits per heavy atom. The van der Waals surface area contributed by atoms with Crippen molar-refractivity contribution < 1.29 is 19.4 Å². The zero-order chi connectivity index (χ0) is 32.3. The molecule has 4 aromatic carbocycles. The minimum absolute atomic E-state index is 0.0121. The fourth-order valence-corrected chi connectivity index (χ4v) is 7.84. The lowest BCUT2D eigenvalue weighted by atomic mass is 9.91. The zero-order valence-electron chi connectivity index (χ0n) is 24.7. The number of ether oxygens (including phenoxy) is 2. The summed E-state index contributed by atoms with van der Waals surface area (Å²) in [5.74, 6) is 0.0938. The molecule has 6 nitrogen and oxygen atoms in total. The van der Waals surface area contributed by atoms with E-state index in [1.807, 2.05) is 84.9 Å². The van der Waals surface area contributed by atoms with Gasteiger partial charge in [-0.05, 0) is 52.1 Å². The van der Waals surface area contributed by atoms with Gasteiger partial charge in [-0.2, -0.15) is 0 Å². The number of hydrogen-bond donors (Lipinski definition) is 2. The van der Waals surface area contributed by atoms with Crippen molar-refractivity contribution in [1.29, 1.82) is 0 Å². The monoisotopic (exact) mass is 712 g/mol. The fourth-order valence-electron chi connectivity index (χ4n) is 5.38. The molecule has 1 fully saturated rings. The Kier molecular flexibility index (Phi) is 10.6. The SMILES string of the molecule is C[C@H]1[C@@H](CSc2nc3ccccc3s2)O[C@@H](c2cccc(-c3cccc(CNC(=O)C(Cl)(Cl)Cl)c3)c2)O[C@H]1c1ccc(CO)cc1. The molecular weight excluding hydrogens is 683 g/mol. The fraction of sp³-hybridized carbons (Fsp3) is 0.257. The highest BCUT2D eigenvalue weighted by molar-refractivity contribution is 8.01. The molecule has 238 valence electrons. The lowest BCUT2D eigenvalue weighted by Gasteiger charge is -2.41. The van der Waals surface area contributed by atoms with Crippen LogP contribution in [0.25, 0.3) is 21.3 Å². The molecule has 1 saturated heterocycles. The normalized spacial score (nSPS) is 20.1. The number of carbonyl (C=O) groups excluding carboxylic acids is 1. The number of carbonyl (C=O) groups is 1. The number of para-hydroxylation sites is 1. The molecule has 2 N–H and O–H groups in total. The number of halogens is 3. The van der Waals surface area contributed by atoms with Gasteiger partial charge < -0.3 is 19.9 Å². The van der Waals surface area contributed by atoms with E-state index in [9.17, 15) is 9.90 Å². The van der Waals surface area contributed by atoms with Gasteiger partial charge in [0.1, 0.15) is 0 Å². The van der Waals surface area contributed by atoms with E-state index in [0.29, 0.717) is 5.75 Å². The number of thiazole rings is 1. The number of fused-ring (bicyclic) bond motifs is 1. The molecule has 5 aromatic rings. The molecule has 1 amide bonds. The number of rotatable bonds is 9. The molecule has 2 heterocycles. The van der Waals surface area contributed by atoms with Crippen molar-refractivity contribution in [3.05, 3.63) is 119 Å². The van der Waals surface area contributed by atoms with E-state index in [1.54, 1.807) is 23.1 Å². The van der Waals surface area contributed by atoms with Gasteiger partial charge in [0.05, 0.1) is 29.0 Å². The van der Waals surface area contributed by atoms with E-state index in [1.165, 1.54) is 4.70 Å². The summed E-state index contributed by atoms with van der Waals surface area (Å²) >= 11 is 20.5. The number of alkyl halides is 3. The Balaban J connectivity index is 1.24. The van der Waals surface area contributed by atoms with Crippen LogP contribution < -0.4 is 5.32 Å². The van der Waals surface area contributed by atoms with Crippen molar-refractivity contribution in [3.63, 3.8) is 0 Å². The Morgan fingerprint density at radius 1 is 0.913 bits per heavy atom. The molecular formula is C35H31Cl3N2O4S2. The standard InChI is InChI=1S/C35H31Cl3N2O4S2/c1-21-29(20-45-34-40-28-10-2-3-11-30(28)46-34)43-32(44-31(21)24-14-12-22(19-41)13-15-24)27-9-5-8-26(17-27)25-7-4-6-23(16-25)18-39-33(42)35(36,37)38/h2-17,21,29,31-32,41H,18-20H2,1H3,(H,39,42)/t21-,29+,31+,32+/m0/s1. The van der Waals surface area contributed by atoms with Gasteiger partial charge in [0, 0.05) is 23.8 Å². The average Bonchev–Trinajstić information content (AvgIpc) is 3.50. The average molecular weight is 714 g/mol. The Labute approximate surface area is 291 Å². The summed E-state index contributed by atoms with van der Waals surface area (Å²) in [7, 11) is 0. The van der Waals surface area contributed by atoms with Crippen molar-refractivity contribution in [2.45, 2.75) is 46.7 Å². The van der Waals surface area contributed by atoms with Crippen LogP contribution in [0.4, 0.5) is 0 Å². The van der Waals surface area contributed by atoms with Crippen LogP contribution >= 0.6 is 57.9 Å². The van der Waals surface area contributed by atoms with Gasteiger partial charge in [-0.1, -0.05) is 126 Å². The van der Waals surface area contributed by atoms with E-state index >= 15 is 0 Å². The Hall–Kier alpha value is -2.66. The third-order valence-corrected chi connectivity index (χ3v) is 10.7. The molecule has 0 aliphatic carbocycles. The van der Waals surface area contributed by atoms with Gasteiger partial charge in [0.25, 0.3) is 9.70 Å². The van der Waals surface area contributed by atoms with Crippen molar-refractivity contribution in [1.82, 2.24) is 10.3 Å². The van der Waals surface area contributed by atoms with Crippen LogP contribution in [0.3, 0.4) is 0 Å². The van der Waals surface area contributed by atoms with E-state index < -0.39 is 16.0 Å². The van der Waals surface area contributed by atoms with Crippen molar-refractivity contribution in [3.8, 4) is 11.1 Å². The second-order valence-electron chi connectivity index (χ2n) is 11.1. The van der Waals surface area contributed by atoms with E-state index in [2.05, 4.69) is 24.4 Å². The number of amides is 1. The van der Waals surface area contributed by atoms with Crippen molar-refractivity contribution >= 4 is 74.0 Å². The summed E-state index contributed by atoms with van der Waals surface area (Å²) in [6.45, 7) is 2.37. The highest BCUT2D eigenvalue weighted by atomic mass is 35.6. The summed E-state index contributed by atoms with van der Waals surface area (Å²) in [5, 5.41) is 12.2. The molecule has 4 atom stereocenters. The summed E-state index contributed by atoms with van der Waals surface area (Å²) in [6, 6.07) is 32.0. The second kappa shape index (κ2) is 14.6. The first-order chi connectivity index (χ1) is 22.2. The first-order valence-electron chi connectivity index (χ1n) is 14.7. The van der Waals surface area contributed by atoms with Gasteiger partial charge in [-0.25, -0.2) is 4.98 Å². The molecule has 0 unspecified atom stereocenters. The van der Waals surface area contributed by atoms with Gasteiger partial charge in [-0.3, -0.25) is 4.79 Å². The highest BCUT2D eigenvalue weighted by Crippen LogP contribution is 2.44. The third-order valence-electron chi connectivity index (χ3n) is 7.90. The minimum atomic E-state index is -2.02. The molecule has 1 aliphatic heterocycles. The van der Waals surface area contributed by atoms with E-state index in [4.69, 9.17) is 49.3 Å².